The largest absolute Gasteiger partial charge is 0.372 e. The number of guanidine groups is 1. The van der Waals surface area contributed by atoms with E-state index >= 15 is 0 Å². The molecule has 130 valence electrons. The molecule has 2 aromatic rings. The number of aryl methyl sites for hydroxylation is 1. The van der Waals surface area contributed by atoms with Gasteiger partial charge in [0.25, 0.3) is 0 Å². The van der Waals surface area contributed by atoms with E-state index in [9.17, 15) is 0 Å². The summed E-state index contributed by atoms with van der Waals surface area (Å²) >= 11 is 0. The van der Waals surface area contributed by atoms with Gasteiger partial charge in [-0.15, -0.1) is 24.0 Å². The highest BCUT2D eigenvalue weighted by Crippen LogP contribution is 2.34. The fourth-order valence-electron chi connectivity index (χ4n) is 2.92. The second-order valence-electron chi connectivity index (χ2n) is 5.63. The molecule has 24 heavy (non-hydrogen) atoms. The van der Waals surface area contributed by atoms with Crippen LogP contribution in [0.15, 0.2) is 47.6 Å². The first-order valence-electron chi connectivity index (χ1n) is 8.03. The molecule has 0 aliphatic carbocycles. The highest BCUT2D eigenvalue weighted by Gasteiger charge is 2.31. The van der Waals surface area contributed by atoms with E-state index in [2.05, 4.69) is 22.3 Å². The van der Waals surface area contributed by atoms with Gasteiger partial charge in [0.2, 0.25) is 0 Å². The number of hydrogen-bond acceptors (Lipinski definition) is 3. The maximum absolute atomic E-state index is 5.98. The Morgan fingerprint density at radius 1 is 1.38 bits per heavy atom. The average Bonchev–Trinajstić information content (AvgIpc) is 3.22. The number of hydrogen-bond donors (Lipinski definition) is 2. The Bertz CT molecular complexity index is 658. The first-order chi connectivity index (χ1) is 11.3. The Hall–Kier alpha value is -1.61. The van der Waals surface area contributed by atoms with Gasteiger partial charge in [0.05, 0.1) is 5.69 Å². The number of halogens is 1. The number of rotatable bonds is 5. The molecule has 0 bridgehead atoms. The van der Waals surface area contributed by atoms with Crippen LogP contribution in [0.1, 0.15) is 25.1 Å². The van der Waals surface area contributed by atoms with Gasteiger partial charge < -0.3 is 15.8 Å². The third-order valence-corrected chi connectivity index (χ3v) is 4.10. The molecule has 1 saturated heterocycles. The molecule has 1 aliphatic heterocycles. The van der Waals surface area contributed by atoms with Crippen molar-refractivity contribution in [2.45, 2.75) is 26.0 Å². The van der Waals surface area contributed by atoms with Gasteiger partial charge >= 0.3 is 0 Å². The molecule has 1 fully saturated rings. The second kappa shape index (κ2) is 9.03. The first-order valence-corrected chi connectivity index (χ1v) is 8.03. The summed E-state index contributed by atoms with van der Waals surface area (Å²) in [7, 11) is 0. The predicted octanol–water partition coefficient (Wildman–Crippen LogP) is 3.03. The third kappa shape index (κ3) is 4.47. The Balaban J connectivity index is 0.00000208. The summed E-state index contributed by atoms with van der Waals surface area (Å²) in [5.74, 6) is 0.763. The van der Waals surface area contributed by atoms with Crippen molar-refractivity contribution in [3.05, 3.63) is 48.3 Å². The van der Waals surface area contributed by atoms with E-state index in [0.29, 0.717) is 18.4 Å². The van der Waals surface area contributed by atoms with Gasteiger partial charge in [-0.2, -0.15) is 5.10 Å². The fourth-order valence-corrected chi connectivity index (χ4v) is 2.92. The summed E-state index contributed by atoms with van der Waals surface area (Å²) in [6.07, 6.45) is 2.86. The van der Waals surface area contributed by atoms with E-state index in [4.69, 9.17) is 10.5 Å². The molecule has 0 saturated carbocycles. The average molecular weight is 441 g/mol. The molecule has 2 atom stereocenters. The van der Waals surface area contributed by atoms with E-state index in [0.717, 1.165) is 31.0 Å². The van der Waals surface area contributed by atoms with E-state index in [1.807, 2.05) is 47.3 Å². The monoisotopic (exact) mass is 441 g/mol. The Labute approximate surface area is 159 Å². The fraction of sp³-hybridized carbons (Fsp3) is 0.412. The van der Waals surface area contributed by atoms with Gasteiger partial charge in [-0.1, -0.05) is 18.2 Å². The molecule has 1 aromatic heterocycles. The number of nitrogens with two attached hydrogens (primary N) is 1. The summed E-state index contributed by atoms with van der Waals surface area (Å²) in [6.45, 7) is 4.33. The number of aliphatic imine (C=N–C) groups is 1. The number of benzene rings is 1. The van der Waals surface area contributed by atoms with E-state index in [1.54, 1.807) is 0 Å². The minimum atomic E-state index is 0. The molecular weight excluding hydrogens is 417 g/mol. The normalized spacial score (nSPS) is 20.6. The lowest BCUT2D eigenvalue weighted by Crippen LogP contribution is -2.24. The molecular formula is C17H24IN5O. The Morgan fingerprint density at radius 3 is 2.92 bits per heavy atom. The van der Waals surface area contributed by atoms with E-state index in [-0.39, 0.29) is 30.1 Å². The van der Waals surface area contributed by atoms with Crippen molar-refractivity contribution in [3.8, 4) is 0 Å². The minimum Gasteiger partial charge on any atom is -0.372 e. The topological polar surface area (TPSA) is 77.5 Å². The molecule has 0 radical (unpaired) electrons. The zero-order valence-electron chi connectivity index (χ0n) is 13.8. The summed E-state index contributed by atoms with van der Waals surface area (Å²) in [5, 5.41) is 7.44. The van der Waals surface area contributed by atoms with Gasteiger partial charge in [-0.05, 0) is 31.5 Å². The lowest BCUT2D eigenvalue weighted by molar-refractivity contribution is 0.0851. The van der Waals surface area contributed by atoms with Crippen LogP contribution in [0, 0.1) is 5.92 Å². The van der Waals surface area contributed by atoms with Crippen molar-refractivity contribution in [1.29, 1.82) is 0 Å². The third-order valence-electron chi connectivity index (χ3n) is 4.10. The van der Waals surface area contributed by atoms with Gasteiger partial charge in [-0.25, -0.2) is 0 Å². The van der Waals surface area contributed by atoms with Crippen molar-refractivity contribution >= 4 is 35.6 Å². The van der Waals surface area contributed by atoms with Crippen molar-refractivity contribution in [1.82, 2.24) is 9.78 Å². The maximum atomic E-state index is 5.98. The molecule has 2 heterocycles. The quantitative estimate of drug-likeness (QED) is 0.425. The van der Waals surface area contributed by atoms with Crippen molar-refractivity contribution in [2.75, 3.05) is 18.5 Å². The van der Waals surface area contributed by atoms with E-state index in [1.165, 1.54) is 0 Å². The summed E-state index contributed by atoms with van der Waals surface area (Å²) in [6, 6.07) is 11.8. The van der Waals surface area contributed by atoms with Crippen LogP contribution in [0.25, 0.3) is 0 Å². The van der Waals surface area contributed by atoms with E-state index < -0.39 is 0 Å². The number of nitrogens with zero attached hydrogens (tertiary/aromatic N) is 3. The molecule has 7 heteroatoms. The van der Waals surface area contributed by atoms with Crippen molar-refractivity contribution in [3.63, 3.8) is 0 Å². The van der Waals surface area contributed by atoms with Gasteiger partial charge in [0.15, 0.2) is 5.96 Å². The standard InChI is InChI=1S/C17H23N5O.HI/c1-2-22-15(8-10-20-22)16-13(9-11-23-16)12-19-17(18)21-14-6-4-3-5-7-14;/h3-8,10,13,16H,2,9,11-12H2,1H3,(H3,18,19,21);1H/t13-,16+;/m0./s1. The lowest BCUT2D eigenvalue weighted by Gasteiger charge is -2.18. The second-order valence-corrected chi connectivity index (χ2v) is 5.63. The van der Waals surface area contributed by atoms with Crippen molar-refractivity contribution < 1.29 is 4.74 Å². The minimum absolute atomic E-state index is 0. The SMILES string of the molecule is CCn1nccc1[C@@H]1OCC[C@H]1CN=C(N)Nc1ccccc1.I. The molecule has 0 spiro atoms. The van der Waals surface area contributed by atoms with Crippen LogP contribution in [-0.2, 0) is 11.3 Å². The predicted molar refractivity (Wildman–Crippen MR) is 107 cm³/mol. The lowest BCUT2D eigenvalue weighted by atomic mass is 9.99. The molecule has 6 nitrogen and oxygen atoms in total. The van der Waals surface area contributed by atoms with Crippen LogP contribution in [0.4, 0.5) is 5.69 Å². The molecule has 3 N–H and O–H groups in total. The summed E-state index contributed by atoms with van der Waals surface area (Å²) in [5.41, 5.74) is 8.05. The van der Waals surface area contributed by atoms with Crippen LogP contribution in [0.2, 0.25) is 0 Å². The highest BCUT2D eigenvalue weighted by molar-refractivity contribution is 14.0. The molecule has 1 aromatic carbocycles. The van der Waals surface area contributed by atoms with Crippen LogP contribution in [0.3, 0.4) is 0 Å². The highest BCUT2D eigenvalue weighted by atomic mass is 127. The molecule has 0 amide bonds. The zero-order valence-corrected chi connectivity index (χ0v) is 16.1. The Kier molecular flexibility index (Phi) is 7.04. The van der Waals surface area contributed by atoms with Crippen molar-refractivity contribution in [2.24, 2.45) is 16.6 Å². The smallest absolute Gasteiger partial charge is 0.193 e. The molecule has 3 rings (SSSR count). The van der Waals surface area contributed by atoms with Crippen LogP contribution in [0.5, 0.6) is 0 Å². The number of ether oxygens (including phenoxy) is 1. The number of para-hydroxylation sites is 1. The number of aromatic nitrogens is 2. The van der Waals surface area contributed by atoms with Crippen LogP contribution >= 0.6 is 24.0 Å². The number of nitrogens with one attached hydrogen (secondary N) is 1. The Morgan fingerprint density at radius 2 is 2.17 bits per heavy atom. The van der Waals surface area contributed by atoms with Gasteiger partial charge in [-0.3, -0.25) is 9.67 Å². The number of anilines is 1. The maximum Gasteiger partial charge on any atom is 0.193 e. The zero-order chi connectivity index (χ0) is 16.1. The van der Waals surface area contributed by atoms with Crippen LogP contribution in [-0.4, -0.2) is 28.9 Å². The van der Waals surface area contributed by atoms with Crippen LogP contribution < -0.4 is 11.1 Å². The molecule has 1 aliphatic rings. The van der Waals surface area contributed by atoms with Gasteiger partial charge in [0, 0.05) is 37.5 Å². The van der Waals surface area contributed by atoms with Gasteiger partial charge in [0.1, 0.15) is 6.10 Å². The first kappa shape index (κ1) is 18.7. The molecule has 0 unspecified atom stereocenters. The summed E-state index contributed by atoms with van der Waals surface area (Å²) in [4.78, 5) is 4.49. The summed E-state index contributed by atoms with van der Waals surface area (Å²) < 4.78 is 7.90.